The molecule has 1 aliphatic carbocycles. The van der Waals surface area contributed by atoms with Crippen LogP contribution in [0.25, 0.3) is 0 Å². The Kier molecular flexibility index (Phi) is 4.05. The van der Waals surface area contributed by atoms with Gasteiger partial charge in [-0.3, -0.25) is 9.58 Å². The first-order valence-electron chi connectivity index (χ1n) is 7.73. The second-order valence-corrected chi connectivity index (χ2v) is 6.20. The van der Waals surface area contributed by atoms with Crippen molar-refractivity contribution in [1.29, 1.82) is 0 Å². The summed E-state index contributed by atoms with van der Waals surface area (Å²) in [4.78, 5) is 2.40. The van der Waals surface area contributed by atoms with Gasteiger partial charge in [-0.1, -0.05) is 24.9 Å². The first-order chi connectivity index (χ1) is 9.76. The maximum Gasteiger partial charge on any atom is 0.0764 e. The lowest BCUT2D eigenvalue weighted by molar-refractivity contribution is 0.225. The van der Waals surface area contributed by atoms with Crippen LogP contribution in [-0.4, -0.2) is 38.7 Å². The van der Waals surface area contributed by atoms with Gasteiger partial charge in [-0.05, 0) is 18.9 Å². The maximum atomic E-state index is 8.92. The van der Waals surface area contributed by atoms with Gasteiger partial charge in [0.2, 0.25) is 0 Å². The average molecular weight is 276 g/mol. The van der Waals surface area contributed by atoms with Gasteiger partial charge >= 0.3 is 0 Å². The molecular weight excluding hydrogens is 252 g/mol. The van der Waals surface area contributed by atoms with Crippen molar-refractivity contribution in [3.05, 3.63) is 18.0 Å². The lowest BCUT2D eigenvalue weighted by Crippen LogP contribution is -2.39. The second-order valence-electron chi connectivity index (χ2n) is 6.20. The van der Waals surface area contributed by atoms with E-state index in [1.807, 2.05) is 0 Å². The van der Waals surface area contributed by atoms with Crippen molar-refractivity contribution >= 4 is 5.71 Å². The number of oxime groups is 1. The molecule has 2 aliphatic rings. The predicted molar refractivity (Wildman–Crippen MR) is 78.0 cm³/mol. The number of aromatic nitrogens is 2. The van der Waals surface area contributed by atoms with Crippen molar-refractivity contribution in [3.8, 4) is 0 Å². The Morgan fingerprint density at radius 3 is 2.90 bits per heavy atom. The van der Waals surface area contributed by atoms with E-state index < -0.39 is 0 Å². The fourth-order valence-corrected chi connectivity index (χ4v) is 3.46. The van der Waals surface area contributed by atoms with Crippen molar-refractivity contribution < 1.29 is 5.21 Å². The SMILES string of the molecule is CC1CN(Cc2ccn(C3CCCC3)n2)CC/C1=N\O. The van der Waals surface area contributed by atoms with Gasteiger partial charge in [-0.25, -0.2) is 0 Å². The summed E-state index contributed by atoms with van der Waals surface area (Å²) < 4.78 is 2.16. The highest BCUT2D eigenvalue weighted by atomic mass is 16.4. The van der Waals surface area contributed by atoms with Crippen LogP contribution in [0.2, 0.25) is 0 Å². The summed E-state index contributed by atoms with van der Waals surface area (Å²) in [6.07, 6.45) is 8.23. The van der Waals surface area contributed by atoms with E-state index in [4.69, 9.17) is 10.3 Å². The van der Waals surface area contributed by atoms with E-state index >= 15 is 0 Å². The molecule has 1 aromatic rings. The highest BCUT2D eigenvalue weighted by Gasteiger charge is 2.23. The van der Waals surface area contributed by atoms with Crippen LogP contribution in [0.1, 0.15) is 50.8 Å². The maximum absolute atomic E-state index is 8.92. The first kappa shape index (κ1) is 13.6. The number of nitrogens with zero attached hydrogens (tertiary/aromatic N) is 4. The normalized spacial score (nSPS) is 27.4. The third-order valence-corrected chi connectivity index (χ3v) is 4.66. The smallest absolute Gasteiger partial charge is 0.0764 e. The van der Waals surface area contributed by atoms with Crippen LogP contribution in [0.15, 0.2) is 17.4 Å². The third-order valence-electron chi connectivity index (χ3n) is 4.66. The van der Waals surface area contributed by atoms with Crippen molar-refractivity contribution in [3.63, 3.8) is 0 Å². The summed E-state index contributed by atoms with van der Waals surface area (Å²) in [7, 11) is 0. The molecule has 2 fully saturated rings. The van der Waals surface area contributed by atoms with E-state index in [9.17, 15) is 0 Å². The Bertz CT molecular complexity index is 476. The third kappa shape index (κ3) is 2.87. The molecule has 1 atom stereocenters. The molecule has 0 bridgehead atoms. The Hall–Kier alpha value is -1.36. The molecule has 0 radical (unpaired) electrons. The highest BCUT2D eigenvalue weighted by molar-refractivity contribution is 5.86. The number of rotatable bonds is 3. The van der Waals surface area contributed by atoms with E-state index in [2.05, 4.69) is 33.9 Å². The molecule has 20 heavy (non-hydrogen) atoms. The van der Waals surface area contributed by atoms with Crippen LogP contribution in [0.5, 0.6) is 0 Å². The van der Waals surface area contributed by atoms with Gasteiger partial charge in [0.25, 0.3) is 0 Å². The molecule has 1 N–H and O–H groups in total. The van der Waals surface area contributed by atoms with Crippen LogP contribution in [-0.2, 0) is 6.54 Å². The Balaban J connectivity index is 1.58. The molecule has 1 unspecified atom stereocenters. The Labute approximate surface area is 120 Å². The van der Waals surface area contributed by atoms with Gasteiger partial charge in [0.15, 0.2) is 0 Å². The van der Waals surface area contributed by atoms with E-state index in [0.717, 1.165) is 37.5 Å². The molecule has 2 heterocycles. The fraction of sp³-hybridized carbons (Fsp3) is 0.733. The zero-order valence-corrected chi connectivity index (χ0v) is 12.2. The van der Waals surface area contributed by atoms with Crippen molar-refractivity contribution in [1.82, 2.24) is 14.7 Å². The highest BCUT2D eigenvalue weighted by Crippen LogP contribution is 2.28. The summed E-state index contributed by atoms with van der Waals surface area (Å²) in [6, 6.07) is 2.77. The molecule has 5 heteroatoms. The summed E-state index contributed by atoms with van der Waals surface area (Å²) >= 11 is 0. The van der Waals surface area contributed by atoms with Crippen molar-refractivity contribution in [2.24, 2.45) is 11.1 Å². The van der Waals surface area contributed by atoms with Crippen LogP contribution >= 0.6 is 0 Å². The standard InChI is InChI=1S/C15H24N4O/c1-12-10-18(8-7-15(12)17-20)11-13-6-9-19(16-13)14-4-2-3-5-14/h6,9,12,14,20H,2-5,7-8,10-11H2,1H3/b17-15+. The van der Waals surface area contributed by atoms with Crippen LogP contribution in [0.4, 0.5) is 0 Å². The van der Waals surface area contributed by atoms with Gasteiger partial charge < -0.3 is 5.21 Å². The molecule has 0 aromatic carbocycles. The predicted octanol–water partition coefficient (Wildman–Crippen LogP) is 2.67. The summed E-state index contributed by atoms with van der Waals surface area (Å²) in [5.41, 5.74) is 2.09. The fourth-order valence-electron chi connectivity index (χ4n) is 3.46. The van der Waals surface area contributed by atoms with E-state index in [0.29, 0.717) is 12.0 Å². The van der Waals surface area contributed by atoms with E-state index in [-0.39, 0.29) is 0 Å². The topological polar surface area (TPSA) is 53.7 Å². The van der Waals surface area contributed by atoms with E-state index in [1.165, 1.54) is 25.7 Å². The molecule has 5 nitrogen and oxygen atoms in total. The van der Waals surface area contributed by atoms with Crippen LogP contribution in [0.3, 0.4) is 0 Å². The zero-order valence-electron chi connectivity index (χ0n) is 12.2. The largest absolute Gasteiger partial charge is 0.411 e. The van der Waals surface area contributed by atoms with Gasteiger partial charge in [-0.2, -0.15) is 5.10 Å². The summed E-state index contributed by atoms with van der Waals surface area (Å²) in [5, 5.41) is 17.1. The van der Waals surface area contributed by atoms with Gasteiger partial charge in [0, 0.05) is 38.2 Å². The molecule has 1 saturated heterocycles. The van der Waals surface area contributed by atoms with Gasteiger partial charge in [-0.15, -0.1) is 0 Å². The van der Waals surface area contributed by atoms with Crippen LogP contribution < -0.4 is 0 Å². The van der Waals surface area contributed by atoms with Crippen LogP contribution in [0, 0.1) is 5.92 Å². The lowest BCUT2D eigenvalue weighted by Gasteiger charge is -2.30. The molecular formula is C15H24N4O. The summed E-state index contributed by atoms with van der Waals surface area (Å²) in [6.45, 7) is 4.94. The molecule has 1 aromatic heterocycles. The minimum absolute atomic E-state index is 0.339. The van der Waals surface area contributed by atoms with Gasteiger partial charge in [0.05, 0.1) is 17.4 Å². The number of likely N-dealkylation sites (tertiary alicyclic amines) is 1. The first-order valence-corrected chi connectivity index (χ1v) is 7.73. The second kappa shape index (κ2) is 5.95. The summed E-state index contributed by atoms with van der Waals surface area (Å²) in [5.74, 6) is 0.339. The van der Waals surface area contributed by atoms with Gasteiger partial charge in [0.1, 0.15) is 0 Å². The Morgan fingerprint density at radius 2 is 2.20 bits per heavy atom. The quantitative estimate of drug-likeness (QED) is 0.682. The van der Waals surface area contributed by atoms with Crippen molar-refractivity contribution in [2.45, 2.75) is 51.6 Å². The monoisotopic (exact) mass is 276 g/mol. The number of piperidine rings is 1. The Morgan fingerprint density at radius 1 is 1.40 bits per heavy atom. The van der Waals surface area contributed by atoms with Crippen molar-refractivity contribution in [2.75, 3.05) is 13.1 Å². The average Bonchev–Trinajstić information content (AvgIpc) is 3.09. The number of hydrogen-bond donors (Lipinski definition) is 1. The van der Waals surface area contributed by atoms with E-state index in [1.54, 1.807) is 0 Å². The number of hydrogen-bond acceptors (Lipinski definition) is 4. The molecule has 1 saturated carbocycles. The zero-order chi connectivity index (χ0) is 13.9. The minimum atomic E-state index is 0.339. The molecule has 0 amide bonds. The minimum Gasteiger partial charge on any atom is -0.411 e. The molecule has 3 rings (SSSR count). The molecule has 0 spiro atoms. The lowest BCUT2D eigenvalue weighted by atomic mass is 9.97. The molecule has 1 aliphatic heterocycles. The molecule has 110 valence electrons.